The van der Waals surface area contributed by atoms with Gasteiger partial charge in [0.1, 0.15) is 5.25 Å². The number of carbonyl (C=O) groups excluding carboxylic acids is 1. The third-order valence-corrected chi connectivity index (χ3v) is 4.67. The molecule has 1 rings (SSSR count). The molecule has 0 radical (unpaired) electrons. The number of hydrogen-bond donors (Lipinski definition) is 2. The summed E-state index contributed by atoms with van der Waals surface area (Å²) in [7, 11) is 0.203. The fourth-order valence-corrected chi connectivity index (χ4v) is 2.99. The Balaban J connectivity index is 2.66. The molecule has 0 saturated heterocycles. The molecule has 0 aliphatic rings. The van der Waals surface area contributed by atoms with Crippen molar-refractivity contribution in [1.29, 1.82) is 0 Å². The number of nitrogen functional groups attached to an aromatic ring is 1. The fraction of sp³-hybridized carbons (Fsp3) is 0.500. The molecular weight excluding hydrogens is 276 g/mol. The lowest BCUT2D eigenvalue weighted by Gasteiger charge is -2.14. The van der Waals surface area contributed by atoms with Crippen LogP contribution in [0.3, 0.4) is 0 Å². The number of amides is 1. The molecule has 2 atom stereocenters. The molecule has 20 heavy (non-hydrogen) atoms. The zero-order valence-corrected chi connectivity index (χ0v) is 13.0. The minimum Gasteiger partial charge on any atom is -0.399 e. The summed E-state index contributed by atoms with van der Waals surface area (Å²) in [5, 5.41) is 2.15. The molecule has 0 aromatic heterocycles. The second kappa shape index (κ2) is 8.01. The first-order valence-corrected chi connectivity index (χ1v) is 7.72. The number of ether oxygens (including phenoxy) is 1. The van der Waals surface area contributed by atoms with E-state index in [4.69, 9.17) is 10.5 Å². The molecule has 1 aromatic carbocycles. The highest BCUT2D eigenvalue weighted by Gasteiger charge is 2.22. The number of nitrogens with one attached hydrogen (secondary N) is 1. The SMILES string of the molecule is COCCCNC(=O)C(C)S(=O)c1cc(N)ccc1C. The minimum atomic E-state index is -1.41. The van der Waals surface area contributed by atoms with Crippen molar-refractivity contribution >= 4 is 22.4 Å². The van der Waals surface area contributed by atoms with Crippen molar-refractivity contribution in [2.45, 2.75) is 30.4 Å². The third kappa shape index (κ3) is 4.61. The predicted octanol–water partition coefficient (Wildman–Crippen LogP) is 1.23. The van der Waals surface area contributed by atoms with Crippen LogP contribution in [0.2, 0.25) is 0 Å². The van der Waals surface area contributed by atoms with Gasteiger partial charge < -0.3 is 15.8 Å². The molecule has 6 heteroatoms. The number of carbonyl (C=O) groups is 1. The highest BCUT2D eigenvalue weighted by atomic mass is 32.2. The Bertz CT molecular complexity index is 491. The maximum atomic E-state index is 12.4. The monoisotopic (exact) mass is 298 g/mol. The van der Waals surface area contributed by atoms with Gasteiger partial charge in [0.05, 0.1) is 10.8 Å². The number of anilines is 1. The molecular formula is C14H22N2O3S. The second-order valence-corrected chi connectivity index (χ2v) is 6.34. The van der Waals surface area contributed by atoms with Crippen LogP contribution in [-0.4, -0.2) is 35.6 Å². The molecule has 2 unspecified atom stereocenters. The van der Waals surface area contributed by atoms with E-state index in [9.17, 15) is 9.00 Å². The number of nitrogens with two attached hydrogens (primary N) is 1. The van der Waals surface area contributed by atoms with Crippen LogP contribution in [0.15, 0.2) is 23.1 Å². The van der Waals surface area contributed by atoms with Crippen molar-refractivity contribution in [3.63, 3.8) is 0 Å². The van der Waals surface area contributed by atoms with Crippen LogP contribution < -0.4 is 11.1 Å². The highest BCUT2D eigenvalue weighted by Crippen LogP contribution is 2.19. The Morgan fingerprint density at radius 3 is 2.85 bits per heavy atom. The molecule has 0 fully saturated rings. The van der Waals surface area contributed by atoms with Crippen molar-refractivity contribution in [2.75, 3.05) is 26.0 Å². The standard InChI is InChI=1S/C14H22N2O3S/c1-10-5-6-12(15)9-13(10)20(18)11(2)14(17)16-7-4-8-19-3/h5-6,9,11H,4,7-8,15H2,1-3H3,(H,16,17). The van der Waals surface area contributed by atoms with Gasteiger partial charge in [-0.15, -0.1) is 0 Å². The number of methoxy groups -OCH3 is 1. The molecule has 0 bridgehead atoms. The predicted molar refractivity (Wildman–Crippen MR) is 81.0 cm³/mol. The molecule has 5 nitrogen and oxygen atoms in total. The van der Waals surface area contributed by atoms with E-state index in [1.807, 2.05) is 13.0 Å². The van der Waals surface area contributed by atoms with Crippen LogP contribution in [-0.2, 0) is 20.3 Å². The summed E-state index contributed by atoms with van der Waals surface area (Å²) in [5.41, 5.74) is 7.13. The Kier molecular flexibility index (Phi) is 6.67. The first-order chi connectivity index (χ1) is 9.47. The minimum absolute atomic E-state index is 0.221. The molecule has 3 N–H and O–H groups in total. The van der Waals surface area contributed by atoms with Crippen molar-refractivity contribution in [2.24, 2.45) is 0 Å². The van der Waals surface area contributed by atoms with Crippen molar-refractivity contribution in [1.82, 2.24) is 5.32 Å². The van der Waals surface area contributed by atoms with Crippen LogP contribution in [0, 0.1) is 6.92 Å². The van der Waals surface area contributed by atoms with Crippen LogP contribution in [0.4, 0.5) is 5.69 Å². The zero-order valence-electron chi connectivity index (χ0n) is 12.1. The lowest BCUT2D eigenvalue weighted by Crippen LogP contribution is -2.36. The van der Waals surface area contributed by atoms with Gasteiger partial charge in [-0.05, 0) is 38.0 Å². The average molecular weight is 298 g/mol. The Morgan fingerprint density at radius 1 is 1.50 bits per heavy atom. The van der Waals surface area contributed by atoms with Gasteiger partial charge in [-0.2, -0.15) is 0 Å². The lowest BCUT2D eigenvalue weighted by atomic mass is 10.2. The van der Waals surface area contributed by atoms with Gasteiger partial charge in [0.15, 0.2) is 0 Å². The summed E-state index contributed by atoms with van der Waals surface area (Å²) in [6, 6.07) is 5.23. The van der Waals surface area contributed by atoms with Gasteiger partial charge in [0.25, 0.3) is 0 Å². The summed E-state index contributed by atoms with van der Waals surface area (Å²) in [4.78, 5) is 12.6. The Hall–Kier alpha value is -1.40. The Labute approximate surface area is 122 Å². The van der Waals surface area contributed by atoms with E-state index in [0.29, 0.717) is 23.7 Å². The maximum absolute atomic E-state index is 12.4. The van der Waals surface area contributed by atoms with E-state index in [-0.39, 0.29) is 5.91 Å². The van der Waals surface area contributed by atoms with Gasteiger partial charge >= 0.3 is 0 Å². The number of benzene rings is 1. The molecule has 0 heterocycles. The van der Waals surface area contributed by atoms with Crippen LogP contribution in [0.25, 0.3) is 0 Å². The van der Waals surface area contributed by atoms with E-state index in [1.54, 1.807) is 26.2 Å². The van der Waals surface area contributed by atoms with E-state index in [2.05, 4.69) is 5.32 Å². The summed E-state index contributed by atoms with van der Waals surface area (Å²) in [5.74, 6) is -0.221. The zero-order chi connectivity index (χ0) is 15.1. The molecule has 1 amide bonds. The van der Waals surface area contributed by atoms with Gasteiger partial charge in [0, 0.05) is 30.8 Å². The maximum Gasteiger partial charge on any atom is 0.235 e. The normalized spacial score (nSPS) is 13.8. The fourth-order valence-electron chi connectivity index (χ4n) is 1.69. The molecule has 0 spiro atoms. The first kappa shape index (κ1) is 16.7. The topological polar surface area (TPSA) is 81.4 Å². The molecule has 112 valence electrons. The molecule has 0 aliphatic carbocycles. The van der Waals surface area contributed by atoms with E-state index < -0.39 is 16.0 Å². The van der Waals surface area contributed by atoms with Gasteiger partial charge in [-0.25, -0.2) is 0 Å². The third-order valence-electron chi connectivity index (χ3n) is 2.94. The van der Waals surface area contributed by atoms with Gasteiger partial charge in [-0.3, -0.25) is 9.00 Å². The van der Waals surface area contributed by atoms with E-state index >= 15 is 0 Å². The van der Waals surface area contributed by atoms with Crippen LogP contribution in [0.5, 0.6) is 0 Å². The summed E-state index contributed by atoms with van der Waals surface area (Å²) >= 11 is 0. The van der Waals surface area contributed by atoms with Gasteiger partial charge in [-0.1, -0.05) is 6.07 Å². The summed E-state index contributed by atoms with van der Waals surface area (Å²) in [6.07, 6.45) is 0.735. The van der Waals surface area contributed by atoms with E-state index in [1.165, 1.54) is 0 Å². The molecule has 1 aromatic rings. The van der Waals surface area contributed by atoms with Crippen molar-refractivity contribution in [3.05, 3.63) is 23.8 Å². The molecule has 0 saturated carbocycles. The summed E-state index contributed by atoms with van der Waals surface area (Å²) < 4.78 is 17.3. The largest absolute Gasteiger partial charge is 0.399 e. The van der Waals surface area contributed by atoms with E-state index in [0.717, 1.165) is 12.0 Å². The number of hydrogen-bond acceptors (Lipinski definition) is 4. The first-order valence-electron chi connectivity index (χ1n) is 6.50. The number of aryl methyl sites for hydroxylation is 1. The summed E-state index contributed by atoms with van der Waals surface area (Å²) in [6.45, 7) is 4.62. The lowest BCUT2D eigenvalue weighted by molar-refractivity contribution is -0.120. The highest BCUT2D eigenvalue weighted by molar-refractivity contribution is 7.86. The van der Waals surface area contributed by atoms with Crippen LogP contribution in [0.1, 0.15) is 18.9 Å². The van der Waals surface area contributed by atoms with Gasteiger partial charge in [0.2, 0.25) is 5.91 Å². The quantitative estimate of drug-likeness (QED) is 0.586. The number of rotatable bonds is 7. The molecule has 0 aliphatic heterocycles. The smallest absolute Gasteiger partial charge is 0.235 e. The Morgan fingerprint density at radius 2 is 2.20 bits per heavy atom. The second-order valence-electron chi connectivity index (χ2n) is 4.60. The van der Waals surface area contributed by atoms with Crippen LogP contribution >= 0.6 is 0 Å². The average Bonchev–Trinajstić information content (AvgIpc) is 2.44. The van der Waals surface area contributed by atoms with Crippen molar-refractivity contribution < 1.29 is 13.7 Å². The van der Waals surface area contributed by atoms with Crippen molar-refractivity contribution in [3.8, 4) is 0 Å².